The molecular formula is C28H31NO6. The van der Waals surface area contributed by atoms with Gasteiger partial charge in [0.2, 0.25) is 5.78 Å². The molecule has 0 saturated carbocycles. The molecule has 1 N–H and O–H groups in total. The van der Waals surface area contributed by atoms with Gasteiger partial charge in [0.05, 0.1) is 18.7 Å². The molecule has 0 bridgehead atoms. The van der Waals surface area contributed by atoms with Crippen molar-refractivity contribution >= 4 is 22.7 Å². The van der Waals surface area contributed by atoms with Gasteiger partial charge in [-0.1, -0.05) is 57.2 Å². The van der Waals surface area contributed by atoms with Crippen LogP contribution in [0.1, 0.15) is 54.9 Å². The maximum Gasteiger partial charge on any atom is 0.290 e. The number of hydrogen-bond acceptors (Lipinski definition) is 6. The van der Waals surface area contributed by atoms with E-state index in [4.69, 9.17) is 13.9 Å². The third kappa shape index (κ3) is 4.56. The van der Waals surface area contributed by atoms with Crippen LogP contribution in [0.2, 0.25) is 0 Å². The molecule has 1 aromatic heterocycles. The molecule has 0 spiro atoms. The Morgan fingerprint density at radius 2 is 1.83 bits per heavy atom. The van der Waals surface area contributed by atoms with Crippen LogP contribution < -0.4 is 4.74 Å². The molecule has 1 aliphatic heterocycles. The van der Waals surface area contributed by atoms with Crippen molar-refractivity contribution < 1.29 is 28.6 Å². The topological polar surface area (TPSA) is 89.2 Å². The molecule has 2 heterocycles. The number of ether oxygens (including phenoxy) is 2. The average Bonchev–Trinajstić information content (AvgIpc) is 3.38. The minimum absolute atomic E-state index is 0.00829. The first-order valence-electron chi connectivity index (χ1n) is 11.6. The largest absolute Gasteiger partial charge is 0.503 e. The molecule has 0 fully saturated rings. The van der Waals surface area contributed by atoms with E-state index < -0.39 is 23.5 Å². The number of carbonyl (C=O) groups excluding carboxylic acids is 2. The lowest BCUT2D eigenvalue weighted by atomic mass is 9.85. The molecule has 1 aliphatic rings. The predicted molar refractivity (Wildman–Crippen MR) is 133 cm³/mol. The molecule has 3 aromatic rings. The number of methoxy groups -OCH3 is 2. The van der Waals surface area contributed by atoms with E-state index in [1.807, 2.05) is 30.3 Å². The Labute approximate surface area is 204 Å². The van der Waals surface area contributed by atoms with Crippen LogP contribution in [-0.4, -0.2) is 49.1 Å². The van der Waals surface area contributed by atoms with E-state index in [-0.39, 0.29) is 16.7 Å². The van der Waals surface area contributed by atoms with Crippen LogP contribution in [0.15, 0.2) is 64.3 Å². The SMILES string of the molecule is COCCCN1C(=O)C(O)=C(C(=O)c2cc3cccc(OC)c3o2)C1c1ccc(C(C)(C)C)cc1. The number of ketones is 1. The Bertz CT molecular complexity index is 1280. The van der Waals surface area contributed by atoms with Crippen molar-refractivity contribution in [2.24, 2.45) is 0 Å². The van der Waals surface area contributed by atoms with Crippen molar-refractivity contribution in [3.63, 3.8) is 0 Å². The van der Waals surface area contributed by atoms with Crippen LogP contribution in [0.3, 0.4) is 0 Å². The Morgan fingerprint density at radius 3 is 2.46 bits per heavy atom. The summed E-state index contributed by atoms with van der Waals surface area (Å²) in [5.41, 5.74) is 2.26. The summed E-state index contributed by atoms with van der Waals surface area (Å²) >= 11 is 0. The van der Waals surface area contributed by atoms with Crippen LogP contribution >= 0.6 is 0 Å². The van der Waals surface area contributed by atoms with E-state index in [1.165, 1.54) is 12.0 Å². The summed E-state index contributed by atoms with van der Waals surface area (Å²) < 4.78 is 16.4. The van der Waals surface area contributed by atoms with Crippen molar-refractivity contribution in [3.8, 4) is 5.75 Å². The Balaban J connectivity index is 1.78. The summed E-state index contributed by atoms with van der Waals surface area (Å²) in [5.74, 6) is -1.13. The summed E-state index contributed by atoms with van der Waals surface area (Å²) in [6, 6.07) is 14.0. The molecule has 35 heavy (non-hydrogen) atoms. The zero-order valence-corrected chi connectivity index (χ0v) is 20.8. The van der Waals surface area contributed by atoms with Gasteiger partial charge in [-0.05, 0) is 35.1 Å². The fourth-order valence-electron chi connectivity index (χ4n) is 4.45. The Hall–Kier alpha value is -3.58. The molecule has 7 heteroatoms. The second-order valence-electron chi connectivity index (χ2n) is 9.70. The van der Waals surface area contributed by atoms with E-state index in [0.29, 0.717) is 36.3 Å². The number of nitrogens with zero attached hydrogens (tertiary/aromatic N) is 1. The van der Waals surface area contributed by atoms with Crippen molar-refractivity contribution in [2.45, 2.75) is 38.6 Å². The summed E-state index contributed by atoms with van der Waals surface area (Å²) in [6.07, 6.45) is 0.565. The number of Topliss-reactive ketones (excluding diaryl/α,β-unsaturated/α-hetero) is 1. The molecule has 7 nitrogen and oxygen atoms in total. The number of rotatable bonds is 8. The predicted octanol–water partition coefficient (Wildman–Crippen LogP) is 5.35. The summed E-state index contributed by atoms with van der Waals surface area (Å²) in [6.45, 7) is 7.14. The highest BCUT2D eigenvalue weighted by molar-refractivity contribution is 6.16. The van der Waals surface area contributed by atoms with Gasteiger partial charge in [-0.25, -0.2) is 0 Å². The lowest BCUT2D eigenvalue weighted by Gasteiger charge is -2.27. The lowest BCUT2D eigenvalue weighted by molar-refractivity contribution is -0.129. The first-order valence-corrected chi connectivity index (χ1v) is 11.6. The number of aliphatic hydroxyl groups is 1. The lowest BCUT2D eigenvalue weighted by Crippen LogP contribution is -2.32. The van der Waals surface area contributed by atoms with E-state index in [1.54, 1.807) is 25.3 Å². The van der Waals surface area contributed by atoms with Gasteiger partial charge in [0.25, 0.3) is 5.91 Å². The third-order valence-corrected chi connectivity index (χ3v) is 6.34. The Morgan fingerprint density at radius 1 is 1.11 bits per heavy atom. The molecule has 1 unspecified atom stereocenters. The summed E-state index contributed by atoms with van der Waals surface area (Å²) in [7, 11) is 3.12. The van der Waals surface area contributed by atoms with Gasteiger partial charge >= 0.3 is 0 Å². The van der Waals surface area contributed by atoms with Crippen molar-refractivity contribution in [1.82, 2.24) is 4.90 Å². The van der Waals surface area contributed by atoms with E-state index in [0.717, 1.165) is 11.1 Å². The first kappa shape index (κ1) is 24.5. The summed E-state index contributed by atoms with van der Waals surface area (Å²) in [4.78, 5) is 28.3. The van der Waals surface area contributed by atoms with Crippen LogP contribution in [0, 0.1) is 0 Å². The van der Waals surface area contributed by atoms with Gasteiger partial charge in [-0.3, -0.25) is 9.59 Å². The maximum absolute atomic E-state index is 13.7. The zero-order chi connectivity index (χ0) is 25.3. The smallest absolute Gasteiger partial charge is 0.290 e. The minimum Gasteiger partial charge on any atom is -0.503 e. The quantitative estimate of drug-likeness (QED) is 0.347. The highest BCUT2D eigenvalue weighted by Crippen LogP contribution is 2.40. The number of amides is 1. The second kappa shape index (κ2) is 9.58. The normalized spacial score (nSPS) is 16.4. The molecular weight excluding hydrogens is 446 g/mol. The fraction of sp³-hybridized carbons (Fsp3) is 0.357. The maximum atomic E-state index is 13.7. The number of aliphatic hydroxyl groups excluding tert-OH is 1. The molecule has 1 amide bonds. The molecule has 4 rings (SSSR count). The zero-order valence-electron chi connectivity index (χ0n) is 20.8. The van der Waals surface area contributed by atoms with Crippen LogP contribution in [0.4, 0.5) is 0 Å². The standard InChI is InChI=1S/C28H31NO6/c1-28(2,3)19-12-10-17(11-13-19)23-22(25(31)27(32)29(23)14-7-15-33-4)24(30)21-16-18-8-6-9-20(34-5)26(18)35-21/h6,8-13,16,23,31H,7,14-15H2,1-5H3. The Kier molecular flexibility index (Phi) is 6.72. The molecule has 0 saturated heterocycles. The van der Waals surface area contributed by atoms with Crippen molar-refractivity contribution in [1.29, 1.82) is 0 Å². The monoisotopic (exact) mass is 477 g/mol. The van der Waals surface area contributed by atoms with Gasteiger partial charge < -0.3 is 23.9 Å². The van der Waals surface area contributed by atoms with Crippen molar-refractivity contribution in [3.05, 3.63) is 76.8 Å². The molecule has 0 aliphatic carbocycles. The highest BCUT2D eigenvalue weighted by Gasteiger charge is 2.44. The van der Waals surface area contributed by atoms with E-state index in [2.05, 4.69) is 20.8 Å². The van der Waals surface area contributed by atoms with Gasteiger partial charge in [-0.15, -0.1) is 0 Å². The van der Waals surface area contributed by atoms with Gasteiger partial charge in [0, 0.05) is 25.6 Å². The molecule has 1 atom stereocenters. The number of furan rings is 1. The molecule has 2 aromatic carbocycles. The van der Waals surface area contributed by atoms with Crippen LogP contribution in [-0.2, 0) is 14.9 Å². The number of carbonyl (C=O) groups is 2. The summed E-state index contributed by atoms with van der Waals surface area (Å²) in [5, 5.41) is 11.6. The average molecular weight is 478 g/mol. The third-order valence-electron chi connectivity index (χ3n) is 6.34. The number of para-hydroxylation sites is 1. The van der Waals surface area contributed by atoms with Crippen LogP contribution in [0.25, 0.3) is 11.0 Å². The fourth-order valence-corrected chi connectivity index (χ4v) is 4.45. The van der Waals surface area contributed by atoms with E-state index in [9.17, 15) is 14.7 Å². The minimum atomic E-state index is -0.740. The number of fused-ring (bicyclic) bond motifs is 1. The number of hydrogen-bond donors (Lipinski definition) is 1. The first-order chi connectivity index (χ1) is 16.7. The van der Waals surface area contributed by atoms with E-state index >= 15 is 0 Å². The van der Waals surface area contributed by atoms with Crippen molar-refractivity contribution in [2.75, 3.05) is 27.4 Å². The van der Waals surface area contributed by atoms with Gasteiger partial charge in [0.15, 0.2) is 22.9 Å². The molecule has 0 radical (unpaired) electrons. The second-order valence-corrected chi connectivity index (χ2v) is 9.70. The molecule has 184 valence electrons. The van der Waals surface area contributed by atoms with Gasteiger partial charge in [0.1, 0.15) is 0 Å². The van der Waals surface area contributed by atoms with Gasteiger partial charge in [-0.2, -0.15) is 0 Å². The highest BCUT2D eigenvalue weighted by atomic mass is 16.5. The number of benzene rings is 2. The van der Waals surface area contributed by atoms with Crippen LogP contribution in [0.5, 0.6) is 5.75 Å².